The number of hydrogen-bond donors (Lipinski definition) is 3. The van der Waals surface area contributed by atoms with Crippen LogP contribution in [0.1, 0.15) is 31.2 Å². The molecule has 0 unspecified atom stereocenters. The van der Waals surface area contributed by atoms with Crippen LogP contribution in [-0.4, -0.2) is 76.9 Å². The van der Waals surface area contributed by atoms with E-state index in [0.29, 0.717) is 5.13 Å². The second-order valence-electron chi connectivity index (χ2n) is 10.2. The Morgan fingerprint density at radius 3 is 2.15 bits per heavy atom. The molecule has 1 aliphatic carbocycles. The number of hydrogen-bond acceptors (Lipinski definition) is 9. The Morgan fingerprint density at radius 1 is 0.897 bits per heavy atom. The average molecular weight is 564 g/mol. The number of rotatable bonds is 8. The number of thiazole rings is 2. The summed E-state index contributed by atoms with van der Waals surface area (Å²) in [5.41, 5.74) is 3.54. The molecule has 0 radical (unpaired) electrons. The summed E-state index contributed by atoms with van der Waals surface area (Å²) in [5, 5.41) is 10.7. The summed E-state index contributed by atoms with van der Waals surface area (Å²) in [6.45, 7) is 6.00. The first-order chi connectivity index (χ1) is 19.0. The van der Waals surface area contributed by atoms with Crippen LogP contribution in [0.5, 0.6) is 0 Å². The number of piperazine rings is 1. The average Bonchev–Trinajstić information content (AvgIpc) is 3.72. The molecule has 0 atom stereocenters. The van der Waals surface area contributed by atoms with Crippen molar-refractivity contribution in [3.63, 3.8) is 0 Å². The largest absolute Gasteiger partial charge is 0.352 e. The zero-order valence-electron chi connectivity index (χ0n) is 22.0. The third kappa shape index (κ3) is 5.85. The van der Waals surface area contributed by atoms with Gasteiger partial charge < -0.3 is 20.9 Å². The van der Waals surface area contributed by atoms with Gasteiger partial charge in [-0.15, -0.1) is 0 Å². The summed E-state index contributed by atoms with van der Waals surface area (Å²) in [4.78, 5) is 39.2. The normalized spacial score (nSPS) is 16.7. The van der Waals surface area contributed by atoms with Crippen molar-refractivity contribution >= 4 is 70.9 Å². The van der Waals surface area contributed by atoms with Crippen molar-refractivity contribution in [1.82, 2.24) is 19.8 Å². The van der Waals surface area contributed by atoms with E-state index in [0.717, 1.165) is 69.0 Å². The van der Waals surface area contributed by atoms with E-state index in [1.165, 1.54) is 37.0 Å². The second-order valence-corrected chi connectivity index (χ2v) is 12.3. The lowest BCUT2D eigenvalue weighted by atomic mass is 10.2. The van der Waals surface area contributed by atoms with Crippen molar-refractivity contribution in [3.8, 4) is 0 Å². The van der Waals surface area contributed by atoms with Crippen molar-refractivity contribution in [3.05, 3.63) is 42.0 Å². The lowest BCUT2D eigenvalue weighted by Crippen LogP contribution is -2.52. The van der Waals surface area contributed by atoms with Crippen molar-refractivity contribution in [2.24, 2.45) is 0 Å². The van der Waals surface area contributed by atoms with Gasteiger partial charge in [-0.1, -0.05) is 53.7 Å². The third-order valence-electron chi connectivity index (χ3n) is 7.64. The highest BCUT2D eigenvalue weighted by Gasteiger charge is 2.27. The molecule has 2 aromatic heterocycles. The molecular weight excluding hydrogens is 530 g/mol. The Kier molecular flexibility index (Phi) is 7.62. The van der Waals surface area contributed by atoms with E-state index in [1.807, 2.05) is 42.2 Å². The molecule has 0 spiro atoms. The van der Waals surface area contributed by atoms with Gasteiger partial charge in [-0.05, 0) is 38.0 Å². The first-order valence-electron chi connectivity index (χ1n) is 13.6. The summed E-state index contributed by atoms with van der Waals surface area (Å²) in [6.07, 6.45) is 5.30. The van der Waals surface area contributed by atoms with Crippen LogP contribution in [-0.2, 0) is 9.59 Å². The number of aromatic nitrogens is 2. The topological polar surface area (TPSA) is 102 Å². The van der Waals surface area contributed by atoms with E-state index < -0.39 is 0 Å². The van der Waals surface area contributed by atoms with Gasteiger partial charge >= 0.3 is 0 Å². The van der Waals surface area contributed by atoms with Gasteiger partial charge in [0.25, 0.3) is 0 Å². The van der Waals surface area contributed by atoms with E-state index in [4.69, 9.17) is 9.97 Å². The quantitative estimate of drug-likeness (QED) is 0.284. The molecule has 6 rings (SSSR count). The highest BCUT2D eigenvalue weighted by Crippen LogP contribution is 2.37. The zero-order valence-corrected chi connectivity index (χ0v) is 23.7. The van der Waals surface area contributed by atoms with Crippen LogP contribution >= 0.6 is 22.7 Å². The van der Waals surface area contributed by atoms with Crippen LogP contribution < -0.4 is 16.0 Å². The Labute approximate surface area is 235 Å². The van der Waals surface area contributed by atoms with E-state index in [1.54, 1.807) is 11.3 Å². The third-order valence-corrected chi connectivity index (χ3v) is 9.56. The van der Waals surface area contributed by atoms with Crippen LogP contribution in [0, 0.1) is 6.92 Å². The second kappa shape index (κ2) is 11.4. The van der Waals surface area contributed by atoms with Gasteiger partial charge in [-0.2, -0.15) is 0 Å². The standard InChI is InChI=1S/C28H33N7O2S2/c1-18-25-21(38-27(32-25)29-16-23(36)31-19-7-3-2-4-8-19)15-22-26(18)33-28(39-22)30-17-24(37)35-13-11-34(12-14-35)20-9-5-6-10-20/h2-4,7-8,15,20H,5-6,9-14,16-17H2,1H3,(H,29,32)(H,30,33)(H,31,36). The maximum Gasteiger partial charge on any atom is 0.243 e. The first-order valence-corrected chi connectivity index (χ1v) is 15.2. The Hall–Kier alpha value is -3.28. The lowest BCUT2D eigenvalue weighted by molar-refractivity contribution is -0.131. The number of para-hydroxylation sites is 1. The summed E-state index contributed by atoms with van der Waals surface area (Å²) in [6, 6.07) is 12.2. The first kappa shape index (κ1) is 26.0. The van der Waals surface area contributed by atoms with Gasteiger partial charge in [0, 0.05) is 43.5 Å². The fourth-order valence-electron chi connectivity index (χ4n) is 5.53. The molecule has 2 aliphatic rings. The molecule has 1 saturated carbocycles. The number of aryl methyl sites for hydroxylation is 1. The molecule has 2 aromatic carbocycles. The maximum atomic E-state index is 12.9. The van der Waals surface area contributed by atoms with Gasteiger partial charge in [-0.3, -0.25) is 14.5 Å². The predicted octanol–water partition coefficient (Wildman–Crippen LogP) is 4.76. The highest BCUT2D eigenvalue weighted by atomic mass is 32.1. The number of carbonyl (C=O) groups excluding carboxylic acids is 2. The van der Waals surface area contributed by atoms with Crippen LogP contribution in [0.15, 0.2) is 36.4 Å². The Balaban J connectivity index is 1.05. The fraction of sp³-hybridized carbons (Fsp3) is 0.429. The number of carbonyl (C=O) groups is 2. The van der Waals surface area contributed by atoms with Crippen LogP contribution in [0.25, 0.3) is 20.4 Å². The maximum absolute atomic E-state index is 12.9. The summed E-state index contributed by atoms with van der Waals surface area (Å²) >= 11 is 3.08. The van der Waals surface area contributed by atoms with Crippen molar-refractivity contribution in [2.75, 3.05) is 55.2 Å². The molecule has 3 heterocycles. The van der Waals surface area contributed by atoms with Gasteiger partial charge in [0.15, 0.2) is 10.3 Å². The highest BCUT2D eigenvalue weighted by molar-refractivity contribution is 7.24. The van der Waals surface area contributed by atoms with E-state index >= 15 is 0 Å². The van der Waals surface area contributed by atoms with Gasteiger partial charge in [0.05, 0.1) is 33.5 Å². The van der Waals surface area contributed by atoms with Crippen LogP contribution in [0.2, 0.25) is 0 Å². The molecule has 204 valence electrons. The Morgan fingerprint density at radius 2 is 1.51 bits per heavy atom. The van der Waals surface area contributed by atoms with Gasteiger partial charge in [0.2, 0.25) is 11.8 Å². The molecule has 4 aromatic rings. The van der Waals surface area contributed by atoms with Crippen molar-refractivity contribution in [2.45, 2.75) is 38.6 Å². The number of benzene rings is 2. The predicted molar refractivity (Wildman–Crippen MR) is 160 cm³/mol. The van der Waals surface area contributed by atoms with Gasteiger partial charge in [-0.25, -0.2) is 9.97 Å². The molecule has 1 aliphatic heterocycles. The number of anilines is 3. The molecule has 39 heavy (non-hydrogen) atoms. The Bertz CT molecular complexity index is 1470. The fourth-order valence-corrected chi connectivity index (χ4v) is 7.53. The summed E-state index contributed by atoms with van der Waals surface area (Å²) in [5.74, 6) is 0.00695. The zero-order chi connectivity index (χ0) is 26.8. The van der Waals surface area contributed by atoms with Crippen molar-refractivity contribution < 1.29 is 9.59 Å². The van der Waals surface area contributed by atoms with Crippen LogP contribution in [0.3, 0.4) is 0 Å². The molecule has 2 amide bonds. The smallest absolute Gasteiger partial charge is 0.243 e. The summed E-state index contributed by atoms with van der Waals surface area (Å²) < 4.78 is 2.09. The van der Waals surface area contributed by atoms with Crippen LogP contribution in [0.4, 0.5) is 16.0 Å². The molecule has 2 fully saturated rings. The number of fused-ring (bicyclic) bond motifs is 2. The van der Waals surface area contributed by atoms with Crippen molar-refractivity contribution in [1.29, 1.82) is 0 Å². The minimum Gasteiger partial charge on any atom is -0.352 e. The lowest BCUT2D eigenvalue weighted by Gasteiger charge is -2.38. The minimum atomic E-state index is -0.124. The minimum absolute atomic E-state index is 0.124. The SMILES string of the molecule is Cc1c2nc(NCC(=O)Nc3ccccc3)sc2cc2sc(NCC(=O)N3CCN(C4CCCC4)CC3)nc12. The summed E-state index contributed by atoms with van der Waals surface area (Å²) in [7, 11) is 0. The molecule has 9 nitrogen and oxygen atoms in total. The molecular formula is C28H33N7O2S2. The number of amides is 2. The van der Waals surface area contributed by atoms with E-state index in [2.05, 4.69) is 26.9 Å². The number of nitrogens with one attached hydrogen (secondary N) is 3. The molecule has 1 saturated heterocycles. The molecule has 0 bridgehead atoms. The number of nitrogens with zero attached hydrogens (tertiary/aromatic N) is 4. The van der Waals surface area contributed by atoms with E-state index in [-0.39, 0.29) is 24.9 Å². The van der Waals surface area contributed by atoms with Gasteiger partial charge in [0.1, 0.15) is 0 Å². The molecule has 11 heteroatoms. The van der Waals surface area contributed by atoms with E-state index in [9.17, 15) is 9.59 Å². The monoisotopic (exact) mass is 563 g/mol. The molecule has 3 N–H and O–H groups in total.